The van der Waals surface area contributed by atoms with E-state index in [-0.39, 0.29) is 11.9 Å². The number of benzene rings is 3. The minimum absolute atomic E-state index is 0.0926. The highest BCUT2D eigenvalue weighted by Crippen LogP contribution is 2.26. The minimum atomic E-state index is -0.358. The van der Waals surface area contributed by atoms with Crippen LogP contribution in [-0.2, 0) is 16.1 Å². The fraction of sp³-hybridized carbons (Fsp3) is 0.259. The minimum Gasteiger partial charge on any atom is -0.497 e. The SMILES string of the molecule is CCCCC(=O)N(Cc1ccc(-c2cccc(C(=O)OC)c2)cc1)c1cccc(OC)c1. The number of amides is 1. The van der Waals surface area contributed by atoms with E-state index >= 15 is 0 Å². The monoisotopic (exact) mass is 431 g/mol. The molecule has 0 N–H and O–H groups in total. The van der Waals surface area contributed by atoms with Crippen LogP contribution in [0.15, 0.2) is 72.8 Å². The van der Waals surface area contributed by atoms with Crippen LogP contribution in [0.4, 0.5) is 5.69 Å². The first-order valence-electron chi connectivity index (χ1n) is 10.8. The summed E-state index contributed by atoms with van der Waals surface area (Å²) in [6, 6.07) is 23.0. The van der Waals surface area contributed by atoms with Gasteiger partial charge in [0.2, 0.25) is 5.91 Å². The van der Waals surface area contributed by atoms with Crippen molar-refractivity contribution in [3.63, 3.8) is 0 Å². The van der Waals surface area contributed by atoms with Gasteiger partial charge in [-0.3, -0.25) is 4.79 Å². The van der Waals surface area contributed by atoms with E-state index in [1.807, 2.05) is 71.6 Å². The molecule has 1 amide bonds. The molecule has 0 fully saturated rings. The average Bonchev–Trinajstić information content (AvgIpc) is 2.85. The van der Waals surface area contributed by atoms with E-state index < -0.39 is 0 Å². The molecule has 0 spiro atoms. The number of carbonyl (C=O) groups excluding carboxylic acids is 2. The normalized spacial score (nSPS) is 10.5. The van der Waals surface area contributed by atoms with Gasteiger partial charge in [0.1, 0.15) is 5.75 Å². The predicted molar refractivity (Wildman–Crippen MR) is 127 cm³/mol. The van der Waals surface area contributed by atoms with Gasteiger partial charge in [-0.25, -0.2) is 4.79 Å². The first-order chi connectivity index (χ1) is 15.5. The zero-order valence-electron chi connectivity index (χ0n) is 18.8. The van der Waals surface area contributed by atoms with E-state index in [1.165, 1.54) is 7.11 Å². The summed E-state index contributed by atoms with van der Waals surface area (Å²) in [5.41, 5.74) is 4.28. The molecule has 0 radical (unpaired) electrons. The quantitative estimate of drug-likeness (QED) is 0.398. The van der Waals surface area contributed by atoms with Crippen molar-refractivity contribution < 1.29 is 19.1 Å². The second kappa shape index (κ2) is 11.1. The van der Waals surface area contributed by atoms with Crippen LogP contribution < -0.4 is 9.64 Å². The van der Waals surface area contributed by atoms with Crippen molar-refractivity contribution in [2.45, 2.75) is 32.7 Å². The predicted octanol–water partition coefficient (Wildman–Crippen LogP) is 5.87. The van der Waals surface area contributed by atoms with Crippen LogP contribution in [0, 0.1) is 0 Å². The molecule has 5 heteroatoms. The number of carbonyl (C=O) groups is 2. The van der Waals surface area contributed by atoms with Crippen LogP contribution in [0.5, 0.6) is 5.75 Å². The summed E-state index contributed by atoms with van der Waals surface area (Å²) in [7, 11) is 3.00. The highest BCUT2D eigenvalue weighted by atomic mass is 16.5. The summed E-state index contributed by atoms with van der Waals surface area (Å²) < 4.78 is 10.2. The molecule has 3 aromatic rings. The lowest BCUT2D eigenvalue weighted by Crippen LogP contribution is -2.30. The molecule has 0 heterocycles. The third-order valence-electron chi connectivity index (χ3n) is 5.32. The highest BCUT2D eigenvalue weighted by molar-refractivity contribution is 5.93. The van der Waals surface area contributed by atoms with E-state index in [0.29, 0.717) is 18.5 Å². The van der Waals surface area contributed by atoms with Gasteiger partial charge in [0.05, 0.1) is 26.3 Å². The maximum Gasteiger partial charge on any atom is 0.337 e. The fourth-order valence-electron chi connectivity index (χ4n) is 3.49. The number of nitrogens with zero attached hydrogens (tertiary/aromatic N) is 1. The summed E-state index contributed by atoms with van der Waals surface area (Å²) >= 11 is 0. The van der Waals surface area contributed by atoms with Crippen molar-refractivity contribution in [3.05, 3.63) is 83.9 Å². The summed E-state index contributed by atoms with van der Waals surface area (Å²) in [6.45, 7) is 2.55. The molecular formula is C27H29NO4. The molecule has 0 aliphatic rings. The topological polar surface area (TPSA) is 55.8 Å². The van der Waals surface area contributed by atoms with E-state index in [2.05, 4.69) is 6.92 Å². The molecule has 0 aliphatic heterocycles. The molecule has 166 valence electrons. The van der Waals surface area contributed by atoms with Gasteiger partial charge in [0.25, 0.3) is 0 Å². The number of ether oxygens (including phenoxy) is 2. The number of anilines is 1. The second-order valence-electron chi connectivity index (χ2n) is 7.55. The number of hydrogen-bond acceptors (Lipinski definition) is 4. The van der Waals surface area contributed by atoms with Crippen LogP contribution in [0.1, 0.15) is 42.1 Å². The van der Waals surface area contributed by atoms with Crippen LogP contribution in [0.3, 0.4) is 0 Å². The summed E-state index contributed by atoms with van der Waals surface area (Å²) in [6.07, 6.45) is 2.33. The smallest absolute Gasteiger partial charge is 0.337 e. The second-order valence-corrected chi connectivity index (χ2v) is 7.55. The summed E-state index contributed by atoms with van der Waals surface area (Å²) in [5.74, 6) is 0.453. The van der Waals surface area contributed by atoms with Gasteiger partial charge in [-0.05, 0) is 47.4 Å². The lowest BCUT2D eigenvalue weighted by molar-refractivity contribution is -0.118. The molecule has 32 heavy (non-hydrogen) atoms. The Kier molecular flexibility index (Phi) is 8.03. The van der Waals surface area contributed by atoms with Crippen molar-refractivity contribution in [1.82, 2.24) is 0 Å². The van der Waals surface area contributed by atoms with Crippen LogP contribution in [-0.4, -0.2) is 26.1 Å². The molecule has 0 aliphatic carbocycles. The molecule has 3 aromatic carbocycles. The van der Waals surface area contributed by atoms with Crippen molar-refractivity contribution in [2.24, 2.45) is 0 Å². The van der Waals surface area contributed by atoms with Crippen molar-refractivity contribution in [2.75, 3.05) is 19.1 Å². The van der Waals surface area contributed by atoms with Gasteiger partial charge in [0, 0.05) is 18.2 Å². The highest BCUT2D eigenvalue weighted by Gasteiger charge is 2.17. The molecule has 0 saturated carbocycles. The molecule has 0 unspecified atom stereocenters. The molecule has 0 atom stereocenters. The molecular weight excluding hydrogens is 402 g/mol. The van der Waals surface area contributed by atoms with Crippen LogP contribution in [0.25, 0.3) is 11.1 Å². The van der Waals surface area contributed by atoms with E-state index in [9.17, 15) is 9.59 Å². The summed E-state index contributed by atoms with van der Waals surface area (Å²) in [5, 5.41) is 0. The Labute approximate surface area is 189 Å². The lowest BCUT2D eigenvalue weighted by atomic mass is 10.0. The number of rotatable bonds is 9. The average molecular weight is 432 g/mol. The Balaban J connectivity index is 1.84. The van der Waals surface area contributed by atoms with E-state index in [0.717, 1.165) is 41.0 Å². The maximum atomic E-state index is 13.0. The van der Waals surface area contributed by atoms with Gasteiger partial charge < -0.3 is 14.4 Å². The van der Waals surface area contributed by atoms with Gasteiger partial charge in [0.15, 0.2) is 0 Å². The lowest BCUT2D eigenvalue weighted by Gasteiger charge is -2.24. The molecule has 3 rings (SSSR count). The first kappa shape index (κ1) is 23.1. The maximum absolute atomic E-state index is 13.0. The first-order valence-corrected chi connectivity index (χ1v) is 10.8. The third-order valence-corrected chi connectivity index (χ3v) is 5.32. The largest absolute Gasteiger partial charge is 0.497 e. The number of unbranched alkanes of at least 4 members (excludes halogenated alkanes) is 1. The molecule has 0 saturated heterocycles. The van der Waals surface area contributed by atoms with E-state index in [4.69, 9.17) is 9.47 Å². The Hall–Kier alpha value is -3.60. The zero-order valence-corrected chi connectivity index (χ0v) is 18.8. The molecule has 5 nitrogen and oxygen atoms in total. The Morgan fingerprint density at radius 1 is 0.875 bits per heavy atom. The van der Waals surface area contributed by atoms with Gasteiger partial charge in [-0.15, -0.1) is 0 Å². The van der Waals surface area contributed by atoms with Crippen molar-refractivity contribution in [3.8, 4) is 16.9 Å². The molecule has 0 aromatic heterocycles. The number of esters is 1. The Bertz CT molecular complexity index is 1060. The van der Waals surface area contributed by atoms with Crippen LogP contribution in [0.2, 0.25) is 0 Å². The van der Waals surface area contributed by atoms with Gasteiger partial charge in [-0.2, -0.15) is 0 Å². The number of methoxy groups -OCH3 is 2. The molecule has 0 bridgehead atoms. The fourth-order valence-corrected chi connectivity index (χ4v) is 3.49. The van der Waals surface area contributed by atoms with Crippen molar-refractivity contribution >= 4 is 17.6 Å². The van der Waals surface area contributed by atoms with Crippen LogP contribution >= 0.6 is 0 Å². The summed E-state index contributed by atoms with van der Waals surface area (Å²) in [4.78, 5) is 26.6. The number of hydrogen-bond donors (Lipinski definition) is 0. The van der Waals surface area contributed by atoms with Crippen molar-refractivity contribution in [1.29, 1.82) is 0 Å². The van der Waals surface area contributed by atoms with Gasteiger partial charge >= 0.3 is 5.97 Å². The Morgan fingerprint density at radius 2 is 1.62 bits per heavy atom. The Morgan fingerprint density at radius 3 is 2.31 bits per heavy atom. The van der Waals surface area contributed by atoms with E-state index in [1.54, 1.807) is 13.2 Å². The standard InChI is InChI=1S/C27H29NO4/c1-4-5-12-26(29)28(24-10-7-11-25(18-24)31-2)19-20-13-15-21(16-14-20)22-8-6-9-23(17-22)27(30)32-3/h6-11,13-18H,4-5,12,19H2,1-3H3. The third kappa shape index (κ3) is 5.76. The zero-order chi connectivity index (χ0) is 22.9. The van der Waals surface area contributed by atoms with Gasteiger partial charge in [-0.1, -0.05) is 55.8 Å².